The first-order valence-corrected chi connectivity index (χ1v) is 6.95. The molecule has 1 atom stereocenters. The number of benzene rings is 1. The van der Waals surface area contributed by atoms with Crippen molar-refractivity contribution in [3.05, 3.63) is 24.3 Å². The summed E-state index contributed by atoms with van der Waals surface area (Å²) in [6.45, 7) is 3.11. The molecule has 1 fully saturated rings. The molecule has 5 heteroatoms. The first kappa shape index (κ1) is 14.7. The van der Waals surface area contributed by atoms with Gasteiger partial charge in [-0.1, -0.05) is 0 Å². The quantitative estimate of drug-likeness (QED) is 0.820. The van der Waals surface area contributed by atoms with Gasteiger partial charge in [-0.05, 0) is 50.5 Å². The van der Waals surface area contributed by atoms with E-state index in [-0.39, 0.29) is 12.5 Å². The molecule has 1 unspecified atom stereocenters. The average Bonchev–Trinajstić information content (AvgIpc) is 2.59. The third-order valence-corrected chi connectivity index (χ3v) is 3.66. The lowest BCUT2D eigenvalue weighted by Crippen LogP contribution is -2.36. The molecule has 1 saturated heterocycles. The second kappa shape index (κ2) is 6.13. The van der Waals surface area contributed by atoms with E-state index in [0.29, 0.717) is 30.9 Å². The number of rotatable bonds is 3. The van der Waals surface area contributed by atoms with Crippen molar-refractivity contribution >= 4 is 11.6 Å². The van der Waals surface area contributed by atoms with Crippen LogP contribution in [0.3, 0.4) is 0 Å². The van der Waals surface area contributed by atoms with Crippen LogP contribution in [0.25, 0.3) is 0 Å². The Morgan fingerprint density at radius 2 is 2.05 bits per heavy atom. The number of ether oxygens (including phenoxy) is 1. The van der Waals surface area contributed by atoms with Crippen molar-refractivity contribution in [2.45, 2.75) is 31.8 Å². The number of carbonyl (C=O) groups excluding carboxylic acids is 1. The molecule has 1 aromatic carbocycles. The maximum atomic E-state index is 12.1. The molecule has 1 amide bonds. The van der Waals surface area contributed by atoms with E-state index in [1.165, 1.54) is 0 Å². The normalized spacial score (nSPS) is 23.2. The Bertz CT molecular complexity index is 457. The SMILES string of the molecule is CC1(O)CCCN(C(=O)COc2ccc(N)cc2)CC1. The summed E-state index contributed by atoms with van der Waals surface area (Å²) in [6, 6.07) is 6.97. The molecular formula is C15H22N2O3. The van der Waals surface area contributed by atoms with Gasteiger partial charge >= 0.3 is 0 Å². The van der Waals surface area contributed by atoms with Gasteiger partial charge in [0.2, 0.25) is 0 Å². The van der Waals surface area contributed by atoms with Crippen molar-refractivity contribution in [3.8, 4) is 5.75 Å². The highest BCUT2D eigenvalue weighted by Gasteiger charge is 2.27. The summed E-state index contributed by atoms with van der Waals surface area (Å²) < 4.78 is 5.46. The van der Waals surface area contributed by atoms with Gasteiger partial charge in [0.15, 0.2) is 6.61 Å². The first-order chi connectivity index (χ1) is 9.46. The van der Waals surface area contributed by atoms with Crippen molar-refractivity contribution in [1.82, 2.24) is 4.90 Å². The van der Waals surface area contributed by atoms with E-state index in [1.807, 2.05) is 6.92 Å². The summed E-state index contributed by atoms with van der Waals surface area (Å²) in [5.74, 6) is 0.592. The number of anilines is 1. The molecule has 1 aliphatic heterocycles. The summed E-state index contributed by atoms with van der Waals surface area (Å²) in [5, 5.41) is 10.0. The fourth-order valence-electron chi connectivity index (χ4n) is 2.31. The van der Waals surface area contributed by atoms with Crippen LogP contribution < -0.4 is 10.5 Å². The Morgan fingerprint density at radius 3 is 2.75 bits per heavy atom. The third kappa shape index (κ3) is 4.13. The van der Waals surface area contributed by atoms with E-state index in [4.69, 9.17) is 10.5 Å². The zero-order valence-electron chi connectivity index (χ0n) is 11.8. The lowest BCUT2D eigenvalue weighted by molar-refractivity contribution is -0.133. The highest BCUT2D eigenvalue weighted by Crippen LogP contribution is 2.21. The fourth-order valence-corrected chi connectivity index (χ4v) is 2.31. The number of amides is 1. The van der Waals surface area contributed by atoms with Crippen LogP contribution in [0.15, 0.2) is 24.3 Å². The minimum atomic E-state index is -0.660. The highest BCUT2D eigenvalue weighted by atomic mass is 16.5. The molecule has 0 aromatic heterocycles. The van der Waals surface area contributed by atoms with Crippen molar-refractivity contribution in [1.29, 1.82) is 0 Å². The van der Waals surface area contributed by atoms with Crippen LogP contribution in [0.1, 0.15) is 26.2 Å². The van der Waals surface area contributed by atoms with Gasteiger partial charge in [0, 0.05) is 18.8 Å². The maximum Gasteiger partial charge on any atom is 0.260 e. The van der Waals surface area contributed by atoms with Crippen LogP contribution in [-0.4, -0.2) is 41.2 Å². The van der Waals surface area contributed by atoms with Crippen LogP contribution in [-0.2, 0) is 4.79 Å². The molecule has 110 valence electrons. The zero-order valence-corrected chi connectivity index (χ0v) is 11.8. The highest BCUT2D eigenvalue weighted by molar-refractivity contribution is 5.77. The predicted molar refractivity (Wildman–Crippen MR) is 77.4 cm³/mol. The fraction of sp³-hybridized carbons (Fsp3) is 0.533. The topological polar surface area (TPSA) is 75.8 Å². The van der Waals surface area contributed by atoms with Crippen LogP contribution in [0.5, 0.6) is 5.75 Å². The molecule has 0 radical (unpaired) electrons. The van der Waals surface area contributed by atoms with Crippen molar-refractivity contribution in [3.63, 3.8) is 0 Å². The van der Waals surface area contributed by atoms with E-state index in [1.54, 1.807) is 29.2 Å². The Labute approximate surface area is 119 Å². The molecule has 2 rings (SSSR count). The zero-order chi connectivity index (χ0) is 14.6. The number of aliphatic hydroxyl groups is 1. The van der Waals surface area contributed by atoms with Crippen LogP contribution in [0.4, 0.5) is 5.69 Å². The maximum absolute atomic E-state index is 12.1. The first-order valence-electron chi connectivity index (χ1n) is 6.95. The number of likely N-dealkylation sites (tertiary alicyclic amines) is 1. The van der Waals surface area contributed by atoms with Gasteiger partial charge in [-0.3, -0.25) is 4.79 Å². The Hall–Kier alpha value is -1.75. The van der Waals surface area contributed by atoms with Gasteiger partial charge in [0.25, 0.3) is 5.91 Å². The van der Waals surface area contributed by atoms with Gasteiger partial charge in [-0.15, -0.1) is 0 Å². The molecule has 1 heterocycles. The lowest BCUT2D eigenvalue weighted by atomic mass is 9.98. The second-order valence-corrected chi connectivity index (χ2v) is 5.59. The minimum Gasteiger partial charge on any atom is -0.484 e. The minimum absolute atomic E-state index is 0.0199. The molecule has 3 N–H and O–H groups in total. The monoisotopic (exact) mass is 278 g/mol. The van der Waals surface area contributed by atoms with Crippen LogP contribution >= 0.6 is 0 Å². The molecular weight excluding hydrogens is 256 g/mol. The molecule has 1 aromatic rings. The Balaban J connectivity index is 1.84. The standard InChI is InChI=1S/C15H22N2O3/c1-15(19)7-2-9-17(10-8-15)14(18)11-20-13-5-3-12(16)4-6-13/h3-6,19H,2,7-11,16H2,1H3. The molecule has 1 aliphatic rings. The molecule has 0 aliphatic carbocycles. The lowest BCUT2D eigenvalue weighted by Gasteiger charge is -2.22. The van der Waals surface area contributed by atoms with Gasteiger partial charge < -0.3 is 20.5 Å². The van der Waals surface area contributed by atoms with E-state index in [9.17, 15) is 9.90 Å². The van der Waals surface area contributed by atoms with Crippen LogP contribution in [0.2, 0.25) is 0 Å². The van der Waals surface area contributed by atoms with Crippen molar-refractivity contribution < 1.29 is 14.6 Å². The number of hydrogen-bond acceptors (Lipinski definition) is 4. The molecule has 5 nitrogen and oxygen atoms in total. The average molecular weight is 278 g/mol. The number of carbonyl (C=O) groups is 1. The van der Waals surface area contributed by atoms with E-state index in [2.05, 4.69) is 0 Å². The number of nitrogens with two attached hydrogens (primary N) is 1. The van der Waals surface area contributed by atoms with Gasteiger partial charge in [-0.25, -0.2) is 0 Å². The molecule has 0 bridgehead atoms. The predicted octanol–water partition coefficient (Wildman–Crippen LogP) is 1.41. The summed E-state index contributed by atoms with van der Waals surface area (Å²) in [6.07, 6.45) is 2.16. The number of nitrogens with zero attached hydrogens (tertiary/aromatic N) is 1. The van der Waals surface area contributed by atoms with Crippen molar-refractivity contribution in [2.75, 3.05) is 25.4 Å². The number of hydrogen-bond donors (Lipinski definition) is 2. The smallest absolute Gasteiger partial charge is 0.260 e. The largest absolute Gasteiger partial charge is 0.484 e. The number of nitrogen functional groups attached to an aromatic ring is 1. The molecule has 20 heavy (non-hydrogen) atoms. The third-order valence-electron chi connectivity index (χ3n) is 3.66. The second-order valence-electron chi connectivity index (χ2n) is 5.59. The van der Waals surface area contributed by atoms with Crippen LogP contribution in [0, 0.1) is 0 Å². The summed E-state index contributed by atoms with van der Waals surface area (Å²) in [4.78, 5) is 13.9. The Kier molecular flexibility index (Phi) is 4.49. The summed E-state index contributed by atoms with van der Waals surface area (Å²) in [5.41, 5.74) is 5.59. The molecule has 0 saturated carbocycles. The van der Waals surface area contributed by atoms with E-state index < -0.39 is 5.60 Å². The molecule has 0 spiro atoms. The van der Waals surface area contributed by atoms with E-state index >= 15 is 0 Å². The van der Waals surface area contributed by atoms with Crippen molar-refractivity contribution in [2.24, 2.45) is 0 Å². The van der Waals surface area contributed by atoms with Gasteiger partial charge in [-0.2, -0.15) is 0 Å². The van der Waals surface area contributed by atoms with Gasteiger partial charge in [0.1, 0.15) is 5.75 Å². The Morgan fingerprint density at radius 1 is 1.35 bits per heavy atom. The van der Waals surface area contributed by atoms with Gasteiger partial charge in [0.05, 0.1) is 5.60 Å². The van der Waals surface area contributed by atoms with E-state index in [0.717, 1.165) is 12.8 Å². The summed E-state index contributed by atoms with van der Waals surface area (Å²) in [7, 11) is 0. The summed E-state index contributed by atoms with van der Waals surface area (Å²) >= 11 is 0.